The number of carbonyl (C=O) groups is 2. The Labute approximate surface area is 193 Å². The minimum atomic E-state index is -0.660. The molecule has 160 valence electrons. The molecule has 0 N–H and O–H groups in total. The normalized spacial score (nSPS) is 14.2. The maximum absolute atomic E-state index is 12.5. The van der Waals surface area contributed by atoms with Crippen molar-refractivity contribution in [1.29, 1.82) is 0 Å². The number of nitrogens with zero attached hydrogens (tertiary/aromatic N) is 1. The van der Waals surface area contributed by atoms with Gasteiger partial charge in [-0.1, -0.05) is 47.5 Å². The summed E-state index contributed by atoms with van der Waals surface area (Å²) in [5.41, 5.74) is 1.62. The van der Waals surface area contributed by atoms with Gasteiger partial charge in [-0.05, 0) is 54.1 Å². The number of ether oxygens (including phenoxy) is 3. The third-order valence-electron chi connectivity index (χ3n) is 4.49. The molecular formula is C24H15Cl2NO5. The SMILES string of the molecule is COc1cc(/C=C2\N=C(c3ccccc3)OC2=O)ccc1OC(=O)c1ccc(Cl)cc1Cl. The molecule has 0 saturated carbocycles. The molecule has 0 amide bonds. The van der Waals surface area contributed by atoms with Crippen LogP contribution in [0.5, 0.6) is 11.5 Å². The fourth-order valence-electron chi connectivity index (χ4n) is 2.94. The van der Waals surface area contributed by atoms with Crippen LogP contribution in [-0.4, -0.2) is 24.9 Å². The zero-order valence-corrected chi connectivity index (χ0v) is 18.2. The van der Waals surface area contributed by atoms with Gasteiger partial charge in [0, 0.05) is 10.6 Å². The predicted octanol–water partition coefficient (Wildman–Crippen LogP) is 5.57. The second kappa shape index (κ2) is 9.26. The van der Waals surface area contributed by atoms with Crippen LogP contribution in [0.4, 0.5) is 0 Å². The highest BCUT2D eigenvalue weighted by Crippen LogP contribution is 2.31. The second-order valence-corrected chi connectivity index (χ2v) is 7.47. The van der Waals surface area contributed by atoms with Gasteiger partial charge in [0.15, 0.2) is 17.2 Å². The maximum Gasteiger partial charge on any atom is 0.363 e. The summed E-state index contributed by atoms with van der Waals surface area (Å²) in [5.74, 6) is -0.507. The molecule has 1 aliphatic rings. The number of esters is 2. The Balaban J connectivity index is 1.58. The third-order valence-corrected chi connectivity index (χ3v) is 5.03. The van der Waals surface area contributed by atoms with Gasteiger partial charge in [-0.25, -0.2) is 14.6 Å². The molecule has 1 heterocycles. The Hall–Kier alpha value is -3.61. The molecule has 6 nitrogen and oxygen atoms in total. The van der Waals surface area contributed by atoms with Crippen LogP contribution in [0, 0.1) is 0 Å². The second-order valence-electron chi connectivity index (χ2n) is 6.63. The van der Waals surface area contributed by atoms with E-state index in [4.69, 9.17) is 37.4 Å². The molecule has 8 heteroatoms. The number of methoxy groups -OCH3 is 1. The molecule has 0 aromatic heterocycles. The minimum absolute atomic E-state index is 0.142. The molecule has 3 aromatic carbocycles. The zero-order chi connectivity index (χ0) is 22.7. The van der Waals surface area contributed by atoms with Crippen LogP contribution in [0.25, 0.3) is 6.08 Å². The predicted molar refractivity (Wildman–Crippen MR) is 121 cm³/mol. The number of hydrogen-bond acceptors (Lipinski definition) is 6. The van der Waals surface area contributed by atoms with Crippen molar-refractivity contribution < 1.29 is 23.8 Å². The Bertz CT molecular complexity index is 1270. The largest absolute Gasteiger partial charge is 0.493 e. The number of carbonyl (C=O) groups excluding carboxylic acids is 2. The summed E-state index contributed by atoms with van der Waals surface area (Å²) in [5, 5.41) is 0.583. The van der Waals surface area contributed by atoms with Crippen LogP contribution in [0.2, 0.25) is 10.0 Å². The van der Waals surface area contributed by atoms with E-state index in [2.05, 4.69) is 4.99 Å². The van der Waals surface area contributed by atoms with Crippen molar-refractivity contribution >= 4 is 47.1 Å². The summed E-state index contributed by atoms with van der Waals surface area (Å²) in [6, 6.07) is 18.4. The number of cyclic esters (lactones) is 1. The summed E-state index contributed by atoms with van der Waals surface area (Å²) < 4.78 is 16.0. The summed E-state index contributed by atoms with van der Waals surface area (Å²) >= 11 is 11.9. The molecule has 0 aliphatic carbocycles. The van der Waals surface area contributed by atoms with E-state index in [1.165, 1.54) is 19.2 Å². The monoisotopic (exact) mass is 467 g/mol. The zero-order valence-electron chi connectivity index (χ0n) is 16.7. The quantitative estimate of drug-likeness (QED) is 0.278. The van der Waals surface area contributed by atoms with Gasteiger partial charge in [0.25, 0.3) is 0 Å². The van der Waals surface area contributed by atoms with Crippen molar-refractivity contribution in [2.24, 2.45) is 4.99 Å². The Morgan fingerprint density at radius 3 is 2.50 bits per heavy atom. The Kier molecular flexibility index (Phi) is 6.25. The topological polar surface area (TPSA) is 74.2 Å². The number of benzene rings is 3. The highest BCUT2D eigenvalue weighted by atomic mass is 35.5. The van der Waals surface area contributed by atoms with E-state index in [1.807, 2.05) is 18.2 Å². The van der Waals surface area contributed by atoms with Gasteiger partial charge in [-0.15, -0.1) is 0 Å². The van der Waals surface area contributed by atoms with Crippen molar-refractivity contribution in [3.63, 3.8) is 0 Å². The molecule has 3 aromatic rings. The smallest absolute Gasteiger partial charge is 0.363 e. The van der Waals surface area contributed by atoms with Gasteiger partial charge in [0.05, 0.1) is 17.7 Å². The van der Waals surface area contributed by atoms with Crippen LogP contribution in [0.1, 0.15) is 21.5 Å². The average Bonchev–Trinajstić information content (AvgIpc) is 3.15. The van der Waals surface area contributed by atoms with Crippen LogP contribution in [-0.2, 0) is 9.53 Å². The van der Waals surface area contributed by atoms with Crippen molar-refractivity contribution in [2.45, 2.75) is 0 Å². The maximum atomic E-state index is 12.5. The standard InChI is InChI=1S/C24H15Cl2NO5/c1-30-21-12-14(11-19-24(29)32-22(27-19)15-5-3-2-4-6-15)7-10-20(21)31-23(28)17-9-8-16(25)13-18(17)26/h2-13H,1H3/b19-11-. The molecule has 1 aliphatic heterocycles. The molecule has 0 fully saturated rings. The molecule has 0 spiro atoms. The molecule has 32 heavy (non-hydrogen) atoms. The van der Waals surface area contributed by atoms with E-state index in [0.29, 0.717) is 16.1 Å². The first-order valence-electron chi connectivity index (χ1n) is 9.38. The van der Waals surface area contributed by atoms with Crippen molar-refractivity contribution in [3.05, 3.63) is 99.2 Å². The van der Waals surface area contributed by atoms with Crippen molar-refractivity contribution in [3.8, 4) is 11.5 Å². The van der Waals surface area contributed by atoms with Crippen LogP contribution in [0.3, 0.4) is 0 Å². The van der Waals surface area contributed by atoms with Crippen molar-refractivity contribution in [1.82, 2.24) is 0 Å². The third kappa shape index (κ3) is 4.66. The van der Waals surface area contributed by atoms with Gasteiger partial charge in [0.1, 0.15) is 0 Å². The molecule has 0 radical (unpaired) electrons. The number of aliphatic imine (C=N–C) groups is 1. The molecule has 0 saturated heterocycles. The lowest BCUT2D eigenvalue weighted by atomic mass is 10.1. The highest BCUT2D eigenvalue weighted by molar-refractivity contribution is 6.36. The van der Waals surface area contributed by atoms with Gasteiger partial charge >= 0.3 is 11.9 Å². The minimum Gasteiger partial charge on any atom is -0.493 e. The summed E-state index contributed by atoms with van der Waals surface area (Å²) in [7, 11) is 1.44. The Morgan fingerprint density at radius 2 is 1.78 bits per heavy atom. The molecule has 0 atom stereocenters. The van der Waals surface area contributed by atoms with E-state index in [9.17, 15) is 9.59 Å². The summed E-state index contributed by atoms with van der Waals surface area (Å²) in [6.07, 6.45) is 1.56. The lowest BCUT2D eigenvalue weighted by Crippen LogP contribution is -2.10. The molecule has 0 unspecified atom stereocenters. The van der Waals surface area contributed by atoms with Crippen LogP contribution in [0.15, 0.2) is 77.4 Å². The Morgan fingerprint density at radius 1 is 1.00 bits per heavy atom. The lowest BCUT2D eigenvalue weighted by Gasteiger charge is -2.11. The first-order chi connectivity index (χ1) is 15.4. The van der Waals surface area contributed by atoms with Crippen molar-refractivity contribution in [2.75, 3.05) is 7.11 Å². The number of halogens is 2. The molecule has 0 bridgehead atoms. The number of rotatable bonds is 5. The van der Waals surface area contributed by atoms with Crippen LogP contribution >= 0.6 is 23.2 Å². The lowest BCUT2D eigenvalue weighted by molar-refractivity contribution is -0.129. The van der Waals surface area contributed by atoms with E-state index in [0.717, 1.165) is 0 Å². The first kappa shape index (κ1) is 21.6. The van der Waals surface area contributed by atoms with Gasteiger partial charge < -0.3 is 14.2 Å². The number of hydrogen-bond donors (Lipinski definition) is 0. The molecule has 4 rings (SSSR count). The summed E-state index contributed by atoms with van der Waals surface area (Å²) in [6.45, 7) is 0. The fourth-order valence-corrected chi connectivity index (χ4v) is 3.43. The van der Waals surface area contributed by atoms with Crippen LogP contribution < -0.4 is 9.47 Å². The van der Waals surface area contributed by atoms with E-state index in [1.54, 1.807) is 42.5 Å². The van der Waals surface area contributed by atoms with Gasteiger partial charge in [0.2, 0.25) is 5.90 Å². The summed E-state index contributed by atoms with van der Waals surface area (Å²) in [4.78, 5) is 29.0. The van der Waals surface area contributed by atoms with E-state index in [-0.39, 0.29) is 33.7 Å². The average molecular weight is 468 g/mol. The van der Waals surface area contributed by atoms with Gasteiger partial charge in [-0.3, -0.25) is 0 Å². The van der Waals surface area contributed by atoms with E-state index < -0.39 is 11.9 Å². The first-order valence-corrected chi connectivity index (χ1v) is 10.1. The van der Waals surface area contributed by atoms with E-state index >= 15 is 0 Å². The fraction of sp³-hybridized carbons (Fsp3) is 0.0417. The highest BCUT2D eigenvalue weighted by Gasteiger charge is 2.24. The van der Waals surface area contributed by atoms with Gasteiger partial charge in [-0.2, -0.15) is 0 Å². The molecular weight excluding hydrogens is 453 g/mol.